The summed E-state index contributed by atoms with van der Waals surface area (Å²) < 4.78 is 9.84. The molecule has 1 heterocycles. The van der Waals surface area contributed by atoms with Gasteiger partial charge in [0.1, 0.15) is 5.76 Å². The number of benzene rings is 1. The lowest BCUT2D eigenvalue weighted by atomic mass is 10.1. The Balaban J connectivity index is 2.19. The van der Waals surface area contributed by atoms with Crippen LogP contribution in [0, 0.1) is 0 Å². The lowest BCUT2D eigenvalue weighted by molar-refractivity contribution is 0.0600. The fraction of sp³-hybridized carbons (Fsp3) is 0.0714. The number of furan rings is 1. The highest BCUT2D eigenvalue weighted by molar-refractivity contribution is 5.90. The Morgan fingerprint density at radius 3 is 2.82 bits per heavy atom. The summed E-state index contributed by atoms with van der Waals surface area (Å²) in [4.78, 5) is 11.3. The van der Waals surface area contributed by atoms with Crippen molar-refractivity contribution in [3.8, 4) is 0 Å². The highest BCUT2D eigenvalue weighted by Gasteiger charge is 2.03. The molecule has 2 aromatic rings. The van der Waals surface area contributed by atoms with Gasteiger partial charge in [0.15, 0.2) is 0 Å². The van der Waals surface area contributed by atoms with Gasteiger partial charge in [0.25, 0.3) is 0 Å². The zero-order valence-corrected chi connectivity index (χ0v) is 9.42. The first-order valence-corrected chi connectivity index (χ1v) is 5.19. The van der Waals surface area contributed by atoms with Crippen molar-refractivity contribution in [1.82, 2.24) is 0 Å². The number of methoxy groups -OCH3 is 1. The van der Waals surface area contributed by atoms with Gasteiger partial charge in [0.05, 0.1) is 18.9 Å². The largest absolute Gasteiger partial charge is 0.465 e. The van der Waals surface area contributed by atoms with Gasteiger partial charge in [-0.25, -0.2) is 4.79 Å². The maximum absolute atomic E-state index is 11.3. The predicted molar refractivity (Wildman–Crippen MR) is 65.4 cm³/mol. The monoisotopic (exact) mass is 228 g/mol. The van der Waals surface area contributed by atoms with Crippen LogP contribution in [0.15, 0.2) is 47.1 Å². The lowest BCUT2D eigenvalue weighted by Crippen LogP contribution is -2.00. The van der Waals surface area contributed by atoms with Crippen LogP contribution in [-0.4, -0.2) is 13.1 Å². The zero-order chi connectivity index (χ0) is 12.1. The minimum atomic E-state index is -0.335. The zero-order valence-electron chi connectivity index (χ0n) is 9.42. The quantitative estimate of drug-likeness (QED) is 0.757. The average Bonchev–Trinajstić information content (AvgIpc) is 2.89. The smallest absolute Gasteiger partial charge is 0.337 e. The molecule has 0 fully saturated rings. The van der Waals surface area contributed by atoms with Gasteiger partial charge in [0.2, 0.25) is 0 Å². The summed E-state index contributed by atoms with van der Waals surface area (Å²) in [7, 11) is 1.37. The Bertz CT molecular complexity index is 524. The average molecular weight is 228 g/mol. The van der Waals surface area contributed by atoms with Gasteiger partial charge in [0, 0.05) is 0 Å². The number of carbonyl (C=O) groups excluding carboxylic acids is 1. The summed E-state index contributed by atoms with van der Waals surface area (Å²) in [5.41, 5.74) is 1.46. The molecule has 1 aromatic carbocycles. The van der Waals surface area contributed by atoms with E-state index in [1.54, 1.807) is 18.4 Å². The van der Waals surface area contributed by atoms with Crippen molar-refractivity contribution in [2.24, 2.45) is 0 Å². The summed E-state index contributed by atoms with van der Waals surface area (Å²) in [5, 5.41) is 0. The minimum Gasteiger partial charge on any atom is -0.465 e. The number of hydrogen-bond acceptors (Lipinski definition) is 3. The van der Waals surface area contributed by atoms with Gasteiger partial charge >= 0.3 is 5.97 Å². The van der Waals surface area contributed by atoms with E-state index in [0.29, 0.717) is 5.56 Å². The second-order valence-corrected chi connectivity index (χ2v) is 3.47. The third kappa shape index (κ3) is 2.84. The van der Waals surface area contributed by atoms with E-state index in [1.807, 2.05) is 36.4 Å². The maximum atomic E-state index is 11.3. The summed E-state index contributed by atoms with van der Waals surface area (Å²) in [6, 6.07) is 10.9. The molecule has 0 unspecified atom stereocenters. The van der Waals surface area contributed by atoms with Crippen LogP contribution < -0.4 is 0 Å². The predicted octanol–water partition coefficient (Wildman–Crippen LogP) is 3.24. The Hall–Kier alpha value is -2.29. The molecule has 17 heavy (non-hydrogen) atoms. The first-order chi connectivity index (χ1) is 8.29. The Morgan fingerprint density at radius 1 is 1.24 bits per heavy atom. The molecule has 86 valence electrons. The van der Waals surface area contributed by atoms with Crippen molar-refractivity contribution in [3.05, 3.63) is 59.5 Å². The molecular weight excluding hydrogens is 216 g/mol. The first-order valence-electron chi connectivity index (χ1n) is 5.19. The van der Waals surface area contributed by atoms with E-state index in [1.165, 1.54) is 7.11 Å². The second-order valence-electron chi connectivity index (χ2n) is 3.47. The van der Waals surface area contributed by atoms with Crippen LogP contribution in [0.4, 0.5) is 0 Å². The van der Waals surface area contributed by atoms with Crippen LogP contribution >= 0.6 is 0 Å². The third-order valence-corrected chi connectivity index (χ3v) is 2.29. The fourth-order valence-electron chi connectivity index (χ4n) is 1.45. The second kappa shape index (κ2) is 5.16. The first kappa shape index (κ1) is 11.2. The van der Waals surface area contributed by atoms with E-state index in [4.69, 9.17) is 4.42 Å². The van der Waals surface area contributed by atoms with Crippen LogP contribution in [0.25, 0.3) is 12.2 Å². The third-order valence-electron chi connectivity index (χ3n) is 2.29. The van der Waals surface area contributed by atoms with Gasteiger partial charge < -0.3 is 9.15 Å². The number of carbonyl (C=O) groups is 1. The van der Waals surface area contributed by atoms with Gasteiger partial charge in [-0.2, -0.15) is 0 Å². The molecule has 0 spiro atoms. The molecule has 3 heteroatoms. The highest BCUT2D eigenvalue weighted by Crippen LogP contribution is 2.11. The fourth-order valence-corrected chi connectivity index (χ4v) is 1.45. The van der Waals surface area contributed by atoms with Crippen LogP contribution in [0.5, 0.6) is 0 Å². The number of hydrogen-bond donors (Lipinski definition) is 0. The van der Waals surface area contributed by atoms with Crippen molar-refractivity contribution in [3.63, 3.8) is 0 Å². The lowest BCUT2D eigenvalue weighted by Gasteiger charge is -1.99. The van der Waals surface area contributed by atoms with E-state index < -0.39 is 0 Å². The molecule has 0 aliphatic carbocycles. The van der Waals surface area contributed by atoms with Crippen LogP contribution in [0.2, 0.25) is 0 Å². The van der Waals surface area contributed by atoms with Crippen LogP contribution in [-0.2, 0) is 4.74 Å². The molecule has 0 radical (unpaired) electrons. The summed E-state index contributed by atoms with van der Waals surface area (Å²) >= 11 is 0. The van der Waals surface area contributed by atoms with Gasteiger partial charge in [-0.05, 0) is 35.9 Å². The van der Waals surface area contributed by atoms with Gasteiger partial charge in [-0.15, -0.1) is 0 Å². The normalized spacial score (nSPS) is 10.6. The number of ether oxygens (including phenoxy) is 1. The molecule has 3 nitrogen and oxygen atoms in total. The van der Waals surface area contributed by atoms with E-state index >= 15 is 0 Å². The van der Waals surface area contributed by atoms with E-state index in [9.17, 15) is 4.79 Å². The molecule has 0 saturated heterocycles. The van der Waals surface area contributed by atoms with Crippen molar-refractivity contribution in [1.29, 1.82) is 0 Å². The molecule has 0 bridgehead atoms. The van der Waals surface area contributed by atoms with Crippen LogP contribution in [0.3, 0.4) is 0 Å². The summed E-state index contributed by atoms with van der Waals surface area (Å²) in [5.74, 6) is 0.437. The molecular formula is C14H12O3. The molecule has 0 aliphatic heterocycles. The Labute approximate surface area is 99.3 Å². The van der Waals surface area contributed by atoms with Gasteiger partial charge in [-0.1, -0.05) is 18.2 Å². The summed E-state index contributed by atoms with van der Waals surface area (Å²) in [6.45, 7) is 0. The van der Waals surface area contributed by atoms with Crippen LogP contribution in [0.1, 0.15) is 21.7 Å². The number of rotatable bonds is 3. The Morgan fingerprint density at radius 2 is 2.12 bits per heavy atom. The molecule has 0 atom stereocenters. The SMILES string of the molecule is COC(=O)c1cccc(/C=C/c2ccco2)c1. The van der Waals surface area contributed by atoms with Gasteiger partial charge in [-0.3, -0.25) is 0 Å². The molecule has 0 saturated carbocycles. The minimum absolute atomic E-state index is 0.335. The maximum Gasteiger partial charge on any atom is 0.337 e. The van der Waals surface area contributed by atoms with E-state index in [-0.39, 0.29) is 5.97 Å². The highest BCUT2D eigenvalue weighted by atomic mass is 16.5. The molecule has 0 aliphatic rings. The standard InChI is InChI=1S/C14H12O3/c1-16-14(15)12-5-2-4-11(10-12)7-8-13-6-3-9-17-13/h2-10H,1H3/b8-7+. The molecule has 2 rings (SSSR count). The van der Waals surface area contributed by atoms with Crippen molar-refractivity contribution >= 4 is 18.1 Å². The summed E-state index contributed by atoms with van der Waals surface area (Å²) in [6.07, 6.45) is 5.34. The van der Waals surface area contributed by atoms with Crippen molar-refractivity contribution < 1.29 is 13.9 Å². The van der Waals surface area contributed by atoms with Crippen molar-refractivity contribution in [2.45, 2.75) is 0 Å². The number of esters is 1. The molecule has 0 N–H and O–H groups in total. The molecule has 0 amide bonds. The van der Waals surface area contributed by atoms with E-state index in [0.717, 1.165) is 11.3 Å². The Kier molecular flexibility index (Phi) is 3.40. The molecule has 1 aromatic heterocycles. The van der Waals surface area contributed by atoms with E-state index in [2.05, 4.69) is 4.74 Å². The van der Waals surface area contributed by atoms with Crippen molar-refractivity contribution in [2.75, 3.05) is 7.11 Å². The topological polar surface area (TPSA) is 39.4 Å².